The van der Waals surface area contributed by atoms with Gasteiger partial charge in [-0.15, -0.1) is 0 Å². The molecule has 204 valence electrons. The maximum atomic E-state index is 12.7. The fourth-order valence-corrected chi connectivity index (χ4v) is 3.82. The summed E-state index contributed by atoms with van der Waals surface area (Å²) in [5, 5.41) is 18.5. The van der Waals surface area contributed by atoms with E-state index in [1.807, 2.05) is 41.2 Å². The van der Waals surface area contributed by atoms with E-state index in [2.05, 4.69) is 15.0 Å². The molecule has 37 heavy (non-hydrogen) atoms. The van der Waals surface area contributed by atoms with Crippen molar-refractivity contribution < 1.29 is 50.9 Å². The number of fused-ring (bicyclic) bond motifs is 1. The number of rotatable bonds is 4. The summed E-state index contributed by atoms with van der Waals surface area (Å²) in [5.41, 5.74) is 2.37. The lowest BCUT2D eigenvalue weighted by Crippen LogP contribution is -2.32. The molecule has 2 aliphatic rings. The van der Waals surface area contributed by atoms with Gasteiger partial charge in [0.15, 0.2) is 0 Å². The third-order valence-corrected chi connectivity index (χ3v) is 5.37. The number of halogens is 6. The van der Waals surface area contributed by atoms with E-state index in [0.717, 1.165) is 31.7 Å². The van der Waals surface area contributed by atoms with Crippen molar-refractivity contribution in [2.24, 2.45) is 18.9 Å². The first kappa shape index (κ1) is 29.5. The average molecular weight is 539 g/mol. The number of carbonyl (C=O) groups is 3. The van der Waals surface area contributed by atoms with E-state index in [-0.39, 0.29) is 5.92 Å². The Labute approximate surface area is 206 Å². The molecule has 0 bridgehead atoms. The molecule has 0 spiro atoms. The molecule has 2 aromatic rings. The molecule has 2 aromatic heterocycles. The first-order valence-corrected chi connectivity index (χ1v) is 10.6. The summed E-state index contributed by atoms with van der Waals surface area (Å²) in [5.74, 6) is -4.59. The van der Waals surface area contributed by atoms with Crippen LogP contribution in [0.2, 0.25) is 0 Å². The fourth-order valence-electron chi connectivity index (χ4n) is 3.82. The van der Waals surface area contributed by atoms with Crippen LogP contribution in [0.15, 0.2) is 36.9 Å². The number of carbonyl (C=O) groups excluding carboxylic acids is 1. The summed E-state index contributed by atoms with van der Waals surface area (Å²) < 4.78 is 65.3. The van der Waals surface area contributed by atoms with Crippen molar-refractivity contribution >= 4 is 17.8 Å². The van der Waals surface area contributed by atoms with Gasteiger partial charge in [0.05, 0.1) is 12.1 Å². The molecule has 0 aliphatic carbocycles. The molecule has 4 heterocycles. The van der Waals surface area contributed by atoms with Gasteiger partial charge in [0.1, 0.15) is 0 Å². The van der Waals surface area contributed by atoms with Crippen LogP contribution in [0.25, 0.3) is 0 Å². The molecule has 2 fully saturated rings. The van der Waals surface area contributed by atoms with Crippen molar-refractivity contribution in [3.63, 3.8) is 0 Å². The highest BCUT2D eigenvalue weighted by atomic mass is 19.4. The summed E-state index contributed by atoms with van der Waals surface area (Å²) >= 11 is 0. The number of hydrogen-bond donors (Lipinski definition) is 2. The topological polar surface area (TPSA) is 129 Å². The lowest BCUT2D eigenvalue weighted by Gasteiger charge is -2.21. The van der Waals surface area contributed by atoms with E-state index in [0.29, 0.717) is 18.4 Å². The highest BCUT2D eigenvalue weighted by Crippen LogP contribution is 2.33. The monoisotopic (exact) mass is 539 g/mol. The number of hydrogen-bond acceptors (Lipinski definition) is 6. The van der Waals surface area contributed by atoms with Gasteiger partial charge in [-0.25, -0.2) is 9.59 Å². The SMILES string of the molecule is Cn1cc(CN2C[C@H]3CN(Cc4ccncc4)C(=O)[C@H]3C2)cn1.O=C(O)C(F)(F)F.O=C(O)C(F)(F)F. The Balaban J connectivity index is 0.000000286. The molecule has 10 nitrogen and oxygen atoms in total. The Morgan fingerprint density at radius 2 is 1.49 bits per heavy atom. The largest absolute Gasteiger partial charge is 0.490 e. The third kappa shape index (κ3) is 9.04. The molecule has 4 rings (SSSR count). The summed E-state index contributed by atoms with van der Waals surface area (Å²) in [6, 6.07) is 3.96. The maximum Gasteiger partial charge on any atom is 0.490 e. The summed E-state index contributed by atoms with van der Waals surface area (Å²) in [6.45, 7) is 4.33. The average Bonchev–Trinajstić information content (AvgIpc) is 3.45. The van der Waals surface area contributed by atoms with E-state index in [9.17, 15) is 31.1 Å². The maximum absolute atomic E-state index is 12.7. The minimum absolute atomic E-state index is 0.161. The molecule has 16 heteroatoms. The van der Waals surface area contributed by atoms with Crippen LogP contribution in [-0.2, 0) is 34.5 Å². The third-order valence-electron chi connectivity index (χ3n) is 5.37. The van der Waals surface area contributed by atoms with Gasteiger partial charge in [-0.05, 0) is 17.7 Å². The second kappa shape index (κ2) is 12.0. The summed E-state index contributed by atoms with van der Waals surface area (Å²) in [6.07, 6.45) is -2.64. The van der Waals surface area contributed by atoms with Gasteiger partial charge in [-0.1, -0.05) is 0 Å². The van der Waals surface area contributed by atoms with E-state index in [1.54, 1.807) is 12.4 Å². The minimum Gasteiger partial charge on any atom is -0.475 e. The number of aliphatic carboxylic acids is 2. The lowest BCUT2D eigenvalue weighted by molar-refractivity contribution is -0.193. The lowest BCUT2D eigenvalue weighted by atomic mass is 10.0. The summed E-state index contributed by atoms with van der Waals surface area (Å²) in [4.78, 5) is 38.9. The molecular weight excluding hydrogens is 516 g/mol. The molecule has 1 amide bonds. The van der Waals surface area contributed by atoms with Crippen LogP contribution in [-0.4, -0.2) is 84.6 Å². The van der Waals surface area contributed by atoms with Crippen LogP contribution >= 0.6 is 0 Å². The van der Waals surface area contributed by atoms with Crippen LogP contribution in [0.4, 0.5) is 26.3 Å². The molecule has 2 saturated heterocycles. The minimum atomic E-state index is -5.08. The van der Waals surface area contributed by atoms with Gasteiger partial charge < -0.3 is 15.1 Å². The Hall–Kier alpha value is -3.69. The normalized spacial score (nSPS) is 19.4. The molecule has 2 atom stereocenters. The van der Waals surface area contributed by atoms with Gasteiger partial charge in [0.2, 0.25) is 5.91 Å². The van der Waals surface area contributed by atoms with Crippen molar-refractivity contribution in [1.29, 1.82) is 0 Å². The molecule has 2 aliphatic heterocycles. The van der Waals surface area contributed by atoms with Gasteiger partial charge in [-0.3, -0.25) is 19.4 Å². The Bertz CT molecular complexity index is 1050. The molecule has 0 unspecified atom stereocenters. The van der Waals surface area contributed by atoms with Gasteiger partial charge in [0, 0.05) is 69.8 Å². The molecule has 0 radical (unpaired) electrons. The van der Waals surface area contributed by atoms with Gasteiger partial charge in [-0.2, -0.15) is 31.4 Å². The Kier molecular flexibility index (Phi) is 9.61. The quantitative estimate of drug-likeness (QED) is 0.566. The first-order valence-electron chi connectivity index (χ1n) is 10.6. The predicted octanol–water partition coefficient (Wildman–Crippen LogP) is 2.17. The van der Waals surface area contributed by atoms with Crippen LogP contribution in [0.3, 0.4) is 0 Å². The van der Waals surface area contributed by atoms with Crippen molar-refractivity contribution in [3.05, 3.63) is 48.0 Å². The first-order chi connectivity index (χ1) is 17.1. The van der Waals surface area contributed by atoms with E-state index in [1.165, 1.54) is 5.56 Å². The van der Waals surface area contributed by atoms with Crippen molar-refractivity contribution in [3.8, 4) is 0 Å². The number of amides is 1. The second-order valence-corrected chi connectivity index (χ2v) is 8.26. The highest BCUT2D eigenvalue weighted by molar-refractivity contribution is 5.82. The zero-order chi connectivity index (χ0) is 28.0. The van der Waals surface area contributed by atoms with E-state index >= 15 is 0 Å². The van der Waals surface area contributed by atoms with Gasteiger partial charge >= 0.3 is 24.3 Å². The van der Waals surface area contributed by atoms with Crippen LogP contribution in [0.5, 0.6) is 0 Å². The smallest absolute Gasteiger partial charge is 0.475 e. The van der Waals surface area contributed by atoms with Crippen molar-refractivity contribution in [2.75, 3.05) is 19.6 Å². The number of alkyl halides is 6. The Morgan fingerprint density at radius 1 is 0.946 bits per heavy atom. The zero-order valence-electron chi connectivity index (χ0n) is 19.3. The number of pyridine rings is 1. The van der Waals surface area contributed by atoms with E-state index in [4.69, 9.17) is 19.8 Å². The number of likely N-dealkylation sites (tertiary alicyclic amines) is 2. The number of carboxylic acids is 2. The van der Waals surface area contributed by atoms with Crippen molar-refractivity contribution in [1.82, 2.24) is 24.6 Å². The second-order valence-electron chi connectivity index (χ2n) is 8.26. The standard InChI is InChI=1S/C17H21N5O.2C2HF3O2/c1-20-7-14(6-19-20)8-21-10-15-11-22(17(23)16(15)12-21)9-13-2-4-18-5-3-13;2*3-2(4,5)1(6)7/h2-7,15-16H,8-12H2,1H3;2*(H,6,7)/t15-,16-;;/m0../s1. The molecule has 0 aromatic carbocycles. The van der Waals surface area contributed by atoms with Crippen molar-refractivity contribution in [2.45, 2.75) is 25.4 Å². The predicted molar refractivity (Wildman–Crippen MR) is 113 cm³/mol. The highest BCUT2D eigenvalue weighted by Gasteiger charge is 2.46. The summed E-state index contributed by atoms with van der Waals surface area (Å²) in [7, 11) is 1.93. The molecular formula is C21H23F6N5O5. The number of nitrogens with zero attached hydrogens (tertiary/aromatic N) is 5. The molecule has 2 N–H and O–H groups in total. The number of carboxylic acid groups (broad SMARTS) is 2. The Morgan fingerprint density at radius 3 is 1.92 bits per heavy atom. The zero-order valence-corrected chi connectivity index (χ0v) is 19.3. The number of aryl methyl sites for hydroxylation is 1. The van der Waals surface area contributed by atoms with Gasteiger partial charge in [0.25, 0.3) is 0 Å². The van der Waals surface area contributed by atoms with Crippen LogP contribution in [0.1, 0.15) is 11.1 Å². The van der Waals surface area contributed by atoms with Crippen LogP contribution in [0, 0.1) is 11.8 Å². The van der Waals surface area contributed by atoms with E-state index < -0.39 is 24.3 Å². The van der Waals surface area contributed by atoms with Crippen LogP contribution < -0.4 is 0 Å². The molecule has 0 saturated carbocycles. The number of aromatic nitrogens is 3. The fraction of sp³-hybridized carbons (Fsp3) is 0.476.